The maximum absolute atomic E-state index is 13.7. The molecule has 182 valence electrons. The minimum atomic E-state index is -0.506. The van der Waals surface area contributed by atoms with Crippen LogP contribution in [0.3, 0.4) is 0 Å². The zero-order chi connectivity index (χ0) is 24.9. The van der Waals surface area contributed by atoms with E-state index in [0.29, 0.717) is 10.7 Å². The zero-order valence-corrected chi connectivity index (χ0v) is 20.9. The molecule has 2 amide bonds. The lowest BCUT2D eigenvalue weighted by atomic mass is 9.68. The van der Waals surface area contributed by atoms with Gasteiger partial charge in [0.05, 0.1) is 27.5 Å². The number of H-pyrrole nitrogens is 1. The quantitative estimate of drug-likeness (QED) is 0.294. The maximum atomic E-state index is 13.7. The Morgan fingerprint density at radius 3 is 2.31 bits per heavy atom. The highest BCUT2D eigenvalue weighted by atomic mass is 35.5. The summed E-state index contributed by atoms with van der Waals surface area (Å²) >= 11 is 9.01. The summed E-state index contributed by atoms with van der Waals surface area (Å²) in [6.07, 6.45) is 0.798. The van der Waals surface area contributed by atoms with E-state index in [4.69, 9.17) is 11.6 Å². The van der Waals surface area contributed by atoms with Gasteiger partial charge in [-0.15, -0.1) is 11.8 Å². The number of nitro benzene ring substituents is 1. The second kappa shape index (κ2) is 7.77. The molecule has 1 saturated heterocycles. The number of fused-ring (bicyclic) bond motifs is 9. The first kappa shape index (κ1) is 22.3. The molecule has 2 aliphatic heterocycles. The molecule has 3 fully saturated rings. The first-order chi connectivity index (χ1) is 17.3. The molecule has 2 aliphatic carbocycles. The Balaban J connectivity index is 1.29. The molecular weight excluding hydrogens is 522 g/mol. The molecule has 7 rings (SSSR count). The standard InChI is InChI=1S/C25H18ClN3O5S2/c26-11-3-1-10(2-4-11)16-17-14-9-15(20(17)35-22-21(16)36-25(32)27-22)19-18(14)23(30)28(24(19)31)12-5-7-13(8-6-12)29(33)34/h1-8,14-20H,9H2,(H,27,32)/t14-,15-,16?,17?,18?,19?,20?/m1/s1. The number of carbonyl (C=O) groups excluding carboxylic acids is 2. The van der Waals surface area contributed by atoms with Crippen LogP contribution in [0.2, 0.25) is 5.02 Å². The molecule has 7 atom stereocenters. The summed E-state index contributed by atoms with van der Waals surface area (Å²) in [6, 6.07) is 13.2. The van der Waals surface area contributed by atoms with Crippen molar-refractivity contribution < 1.29 is 14.5 Å². The monoisotopic (exact) mass is 539 g/mol. The van der Waals surface area contributed by atoms with Crippen LogP contribution in [0, 0.1) is 39.7 Å². The van der Waals surface area contributed by atoms with E-state index in [0.717, 1.165) is 21.9 Å². The Hall–Kier alpha value is -2.95. The van der Waals surface area contributed by atoms with E-state index >= 15 is 0 Å². The van der Waals surface area contributed by atoms with Gasteiger partial charge < -0.3 is 4.98 Å². The molecule has 11 heteroatoms. The third-order valence-corrected chi connectivity index (χ3v) is 11.1. The van der Waals surface area contributed by atoms with Crippen LogP contribution in [0.15, 0.2) is 58.4 Å². The smallest absolute Gasteiger partial charge is 0.305 e. The van der Waals surface area contributed by atoms with Gasteiger partial charge in [-0.25, -0.2) is 0 Å². The predicted molar refractivity (Wildman–Crippen MR) is 136 cm³/mol. The lowest BCUT2D eigenvalue weighted by Gasteiger charge is -2.43. The van der Waals surface area contributed by atoms with Crippen molar-refractivity contribution in [3.8, 4) is 0 Å². The van der Waals surface area contributed by atoms with Crippen molar-refractivity contribution in [1.29, 1.82) is 0 Å². The van der Waals surface area contributed by atoms with Crippen molar-refractivity contribution in [2.75, 3.05) is 4.90 Å². The third-order valence-electron chi connectivity index (χ3n) is 8.27. The normalized spacial score (nSPS) is 31.9. The molecule has 2 saturated carbocycles. The van der Waals surface area contributed by atoms with E-state index in [1.54, 1.807) is 11.8 Å². The number of thiazole rings is 1. The summed E-state index contributed by atoms with van der Waals surface area (Å²) in [4.78, 5) is 55.3. The van der Waals surface area contributed by atoms with Crippen LogP contribution >= 0.6 is 34.7 Å². The lowest BCUT2D eigenvalue weighted by molar-refractivity contribution is -0.384. The van der Waals surface area contributed by atoms with Crippen molar-refractivity contribution in [3.63, 3.8) is 0 Å². The number of nitrogens with zero attached hydrogens (tertiary/aromatic N) is 2. The zero-order valence-electron chi connectivity index (χ0n) is 18.5. The summed E-state index contributed by atoms with van der Waals surface area (Å²) in [6.45, 7) is 0. The Kier molecular flexibility index (Phi) is 4.81. The van der Waals surface area contributed by atoms with E-state index < -0.39 is 16.8 Å². The Labute approximate surface area is 217 Å². The minimum absolute atomic E-state index is 0.00280. The number of nitro groups is 1. The molecule has 2 aromatic carbocycles. The van der Waals surface area contributed by atoms with Crippen LogP contribution in [-0.2, 0) is 9.59 Å². The number of non-ortho nitro benzene ring substituents is 1. The number of aromatic nitrogens is 1. The number of anilines is 1. The van der Waals surface area contributed by atoms with Gasteiger partial charge in [0.2, 0.25) is 11.8 Å². The first-order valence-electron chi connectivity index (χ1n) is 11.6. The highest BCUT2D eigenvalue weighted by molar-refractivity contribution is 8.00. The molecule has 1 aromatic heterocycles. The van der Waals surface area contributed by atoms with E-state index in [2.05, 4.69) is 4.98 Å². The Morgan fingerprint density at radius 2 is 1.64 bits per heavy atom. The highest BCUT2D eigenvalue weighted by Crippen LogP contribution is 2.68. The number of aromatic amines is 1. The van der Waals surface area contributed by atoms with Gasteiger partial charge in [-0.05, 0) is 54.0 Å². The van der Waals surface area contributed by atoms with Gasteiger partial charge in [0.25, 0.3) is 5.69 Å². The average molecular weight is 540 g/mol. The number of hydrogen-bond donors (Lipinski definition) is 1. The topological polar surface area (TPSA) is 113 Å². The summed E-state index contributed by atoms with van der Waals surface area (Å²) in [7, 11) is 0. The van der Waals surface area contributed by atoms with Gasteiger partial charge in [-0.3, -0.25) is 29.4 Å². The molecule has 3 heterocycles. The number of carbonyl (C=O) groups is 2. The van der Waals surface area contributed by atoms with E-state index in [-0.39, 0.29) is 51.3 Å². The Morgan fingerprint density at radius 1 is 0.972 bits per heavy atom. The van der Waals surface area contributed by atoms with Crippen LogP contribution in [0.1, 0.15) is 22.8 Å². The molecule has 4 aliphatic rings. The van der Waals surface area contributed by atoms with E-state index in [1.807, 2.05) is 24.3 Å². The highest BCUT2D eigenvalue weighted by Gasteiger charge is 2.69. The van der Waals surface area contributed by atoms with Crippen molar-refractivity contribution >= 4 is 57.9 Å². The van der Waals surface area contributed by atoms with Gasteiger partial charge in [-0.2, -0.15) is 0 Å². The van der Waals surface area contributed by atoms with Crippen molar-refractivity contribution in [2.24, 2.45) is 29.6 Å². The number of rotatable bonds is 3. The lowest BCUT2D eigenvalue weighted by Crippen LogP contribution is -2.42. The largest absolute Gasteiger partial charge is 0.307 e. The minimum Gasteiger partial charge on any atom is -0.307 e. The van der Waals surface area contributed by atoms with Crippen molar-refractivity contribution in [1.82, 2.24) is 4.98 Å². The second-order valence-corrected chi connectivity index (χ2v) is 12.4. The number of nitrogens with one attached hydrogen (secondary N) is 1. The fourth-order valence-electron chi connectivity index (χ4n) is 7.04. The van der Waals surface area contributed by atoms with E-state index in [9.17, 15) is 24.5 Å². The van der Waals surface area contributed by atoms with Gasteiger partial charge in [0, 0.05) is 33.2 Å². The molecule has 0 spiro atoms. The second-order valence-electron chi connectivity index (χ2n) is 9.80. The van der Waals surface area contributed by atoms with Gasteiger partial charge >= 0.3 is 4.87 Å². The molecule has 8 nitrogen and oxygen atoms in total. The summed E-state index contributed by atoms with van der Waals surface area (Å²) in [5, 5.41) is 12.6. The SMILES string of the molecule is O=C1C2C(C(=O)N1c1ccc([N+](=O)[O-])cc1)[C@@H]1C[C@H]2C2Sc3[nH]c(=O)sc3C(c3ccc(Cl)cc3)C21. The van der Waals surface area contributed by atoms with Crippen LogP contribution in [-0.4, -0.2) is 27.0 Å². The molecule has 1 N–H and O–H groups in total. The van der Waals surface area contributed by atoms with Crippen molar-refractivity contribution in [2.45, 2.75) is 22.6 Å². The van der Waals surface area contributed by atoms with Crippen LogP contribution in [0.5, 0.6) is 0 Å². The summed E-state index contributed by atoms with van der Waals surface area (Å²) < 4.78 is 0. The molecule has 0 radical (unpaired) electrons. The van der Waals surface area contributed by atoms with Gasteiger partial charge in [0.15, 0.2) is 0 Å². The molecular formula is C25H18ClN3O5S2. The first-order valence-corrected chi connectivity index (χ1v) is 13.7. The molecule has 3 aromatic rings. The van der Waals surface area contributed by atoms with Crippen molar-refractivity contribution in [3.05, 3.63) is 83.8 Å². The number of imide groups is 1. The average Bonchev–Trinajstić information content (AvgIpc) is 3.58. The molecule has 36 heavy (non-hydrogen) atoms. The Bertz CT molecular complexity index is 1500. The van der Waals surface area contributed by atoms with Gasteiger partial charge in [-0.1, -0.05) is 35.1 Å². The number of amides is 2. The van der Waals surface area contributed by atoms with Crippen LogP contribution < -0.4 is 9.77 Å². The molecule has 5 unspecified atom stereocenters. The fourth-order valence-corrected chi connectivity index (χ4v) is 10.1. The summed E-state index contributed by atoms with van der Waals surface area (Å²) in [5.41, 5.74) is 1.34. The van der Waals surface area contributed by atoms with E-state index in [1.165, 1.54) is 40.5 Å². The number of halogens is 1. The third kappa shape index (κ3) is 2.98. The van der Waals surface area contributed by atoms with Crippen LogP contribution in [0.4, 0.5) is 11.4 Å². The maximum Gasteiger partial charge on any atom is 0.305 e. The number of thioether (sulfide) groups is 1. The number of benzene rings is 2. The van der Waals surface area contributed by atoms with Gasteiger partial charge in [0.1, 0.15) is 0 Å². The number of hydrogen-bond acceptors (Lipinski definition) is 7. The van der Waals surface area contributed by atoms with Crippen LogP contribution in [0.25, 0.3) is 0 Å². The molecule has 2 bridgehead atoms. The summed E-state index contributed by atoms with van der Waals surface area (Å²) in [5.74, 6) is -1.22. The fraction of sp³-hybridized carbons (Fsp3) is 0.320. The predicted octanol–water partition coefficient (Wildman–Crippen LogP) is 4.68.